The summed E-state index contributed by atoms with van der Waals surface area (Å²) in [6.07, 6.45) is 0. The highest BCUT2D eigenvalue weighted by Crippen LogP contribution is 2.42. The molecule has 10 nitrogen and oxygen atoms in total. The van der Waals surface area contributed by atoms with Crippen molar-refractivity contribution in [2.24, 2.45) is 0 Å². The SMILES string of the molecule is [C-]#[N+]c1cc(C#N)cc(-c2ccc3c4ccccc4n(-c4cc(-c5nc(C)nc(C)n5)cc(-n5c6ccccc6c6ccc(-c7cc(C#N)cc([N+]#[C-])c7)cc65)c4C#N)c3c2)c1. The minimum absolute atomic E-state index is 0.366. The molecule has 62 heavy (non-hydrogen) atoms. The topological polar surface area (TPSA) is 129 Å². The number of para-hydroxylation sites is 2. The van der Waals surface area contributed by atoms with E-state index in [1.54, 1.807) is 36.4 Å². The third-order valence-electron chi connectivity index (χ3n) is 11.2. The number of aromatic nitrogens is 5. The Balaban J connectivity index is 1.33. The van der Waals surface area contributed by atoms with Crippen LogP contribution >= 0.6 is 0 Å². The van der Waals surface area contributed by atoms with Gasteiger partial charge in [-0.1, -0.05) is 60.7 Å². The van der Waals surface area contributed by atoms with Crippen LogP contribution in [0.2, 0.25) is 0 Å². The van der Waals surface area contributed by atoms with Crippen molar-refractivity contribution in [3.05, 3.63) is 185 Å². The monoisotopic (exact) mass is 792 g/mol. The fourth-order valence-corrected chi connectivity index (χ4v) is 8.59. The Morgan fingerprint density at radius 2 is 0.903 bits per heavy atom. The van der Waals surface area contributed by atoms with Crippen molar-refractivity contribution in [3.8, 4) is 63.2 Å². The minimum atomic E-state index is 0.366. The van der Waals surface area contributed by atoms with E-state index in [4.69, 9.17) is 23.1 Å². The maximum atomic E-state index is 11.5. The third-order valence-corrected chi connectivity index (χ3v) is 11.2. The standard InChI is InChI=1S/C52H28N10/c1-30-58-31(2)60-52(59-30)38-25-50(61-46-11-7-5-9-41(46)43-15-13-34(23-48(43)61)36-17-32(27-53)19-39(21-36)56-3)45(29-55)51(26-38)62-47-12-8-6-10-42(47)44-16-14-35(24-49(44)62)37-18-33(28-54)20-40(22-37)57-4/h5-26H,1-2H3. The molecule has 0 atom stereocenters. The highest BCUT2D eigenvalue weighted by atomic mass is 15.0. The lowest BCUT2D eigenvalue weighted by atomic mass is 10.0. The number of hydrogen-bond donors (Lipinski definition) is 0. The highest BCUT2D eigenvalue weighted by Gasteiger charge is 2.24. The van der Waals surface area contributed by atoms with Gasteiger partial charge in [0.1, 0.15) is 23.3 Å². The van der Waals surface area contributed by atoms with Gasteiger partial charge in [0, 0.05) is 38.2 Å². The summed E-state index contributed by atoms with van der Waals surface area (Å²) in [6, 6.07) is 49.5. The molecule has 286 valence electrons. The molecule has 0 bridgehead atoms. The van der Waals surface area contributed by atoms with E-state index in [1.807, 2.05) is 98.8 Å². The van der Waals surface area contributed by atoms with Gasteiger partial charge in [0.2, 0.25) is 0 Å². The number of hydrogen-bond acceptors (Lipinski definition) is 6. The normalized spacial score (nSPS) is 11.0. The number of rotatable bonds is 5. The van der Waals surface area contributed by atoms with Gasteiger partial charge in [-0.15, -0.1) is 0 Å². The van der Waals surface area contributed by atoms with Crippen molar-refractivity contribution in [1.29, 1.82) is 15.8 Å². The first kappa shape index (κ1) is 36.9. The third kappa shape index (κ3) is 5.95. The van der Waals surface area contributed by atoms with Crippen molar-refractivity contribution in [2.45, 2.75) is 13.8 Å². The van der Waals surface area contributed by atoms with Crippen LogP contribution in [0.4, 0.5) is 11.4 Å². The summed E-state index contributed by atoms with van der Waals surface area (Å²) in [5.41, 5.74) is 10.2. The fourth-order valence-electron chi connectivity index (χ4n) is 8.59. The molecule has 3 heterocycles. The Labute approximate surface area is 355 Å². The van der Waals surface area contributed by atoms with Crippen molar-refractivity contribution >= 4 is 55.0 Å². The van der Waals surface area contributed by atoms with Crippen LogP contribution in [0.3, 0.4) is 0 Å². The smallest absolute Gasteiger partial charge is 0.189 e. The molecule has 0 unspecified atom stereocenters. The largest absolute Gasteiger partial charge is 0.308 e. The Kier molecular flexibility index (Phi) is 8.61. The predicted molar refractivity (Wildman–Crippen MR) is 241 cm³/mol. The van der Waals surface area contributed by atoms with Crippen LogP contribution in [0.25, 0.3) is 98.3 Å². The zero-order valence-electron chi connectivity index (χ0n) is 33.2. The van der Waals surface area contributed by atoms with Crippen molar-refractivity contribution < 1.29 is 0 Å². The predicted octanol–water partition coefficient (Wildman–Crippen LogP) is 12.4. The van der Waals surface area contributed by atoms with E-state index in [-0.39, 0.29) is 0 Å². The van der Waals surface area contributed by atoms with E-state index in [0.717, 1.165) is 65.9 Å². The summed E-state index contributed by atoms with van der Waals surface area (Å²) < 4.78 is 4.20. The maximum Gasteiger partial charge on any atom is 0.189 e. The van der Waals surface area contributed by atoms with E-state index in [9.17, 15) is 15.8 Å². The van der Waals surface area contributed by atoms with Crippen molar-refractivity contribution in [3.63, 3.8) is 0 Å². The van der Waals surface area contributed by atoms with E-state index in [0.29, 0.717) is 62.5 Å². The lowest BCUT2D eigenvalue weighted by molar-refractivity contribution is 0.927. The lowest BCUT2D eigenvalue weighted by Crippen LogP contribution is -2.07. The molecule has 0 radical (unpaired) electrons. The molecule has 0 amide bonds. The van der Waals surface area contributed by atoms with Crippen LogP contribution in [0.1, 0.15) is 28.3 Å². The number of nitrogens with zero attached hydrogens (tertiary/aromatic N) is 10. The summed E-state index contributed by atoms with van der Waals surface area (Å²) in [5, 5.41) is 35.0. The van der Waals surface area contributed by atoms with Gasteiger partial charge in [0.05, 0.1) is 58.7 Å². The Morgan fingerprint density at radius 1 is 0.452 bits per heavy atom. The molecule has 0 aliphatic carbocycles. The molecule has 10 heteroatoms. The molecule has 0 N–H and O–H groups in total. The maximum absolute atomic E-state index is 11.5. The number of benzene rings is 7. The highest BCUT2D eigenvalue weighted by molar-refractivity contribution is 6.12. The number of fused-ring (bicyclic) bond motifs is 6. The van der Waals surface area contributed by atoms with Gasteiger partial charge >= 0.3 is 0 Å². The second kappa shape index (κ2) is 14.5. The molecule has 10 aromatic rings. The molecule has 0 aliphatic heterocycles. The zero-order valence-corrected chi connectivity index (χ0v) is 33.2. The fraction of sp³-hybridized carbons (Fsp3) is 0.0385. The summed E-state index contributed by atoms with van der Waals surface area (Å²) in [6.45, 7) is 19.1. The van der Waals surface area contributed by atoms with E-state index >= 15 is 0 Å². The summed E-state index contributed by atoms with van der Waals surface area (Å²) in [7, 11) is 0. The van der Waals surface area contributed by atoms with E-state index in [1.165, 1.54) is 0 Å². The van der Waals surface area contributed by atoms with Gasteiger partial charge < -0.3 is 9.13 Å². The Bertz CT molecular complexity index is 3500. The summed E-state index contributed by atoms with van der Waals surface area (Å²) >= 11 is 0. The van der Waals surface area contributed by atoms with Gasteiger partial charge in [-0.05, 0) is 109 Å². The van der Waals surface area contributed by atoms with Gasteiger partial charge in [0.25, 0.3) is 0 Å². The molecule has 0 saturated heterocycles. The molecule has 0 saturated carbocycles. The minimum Gasteiger partial charge on any atom is -0.308 e. The Morgan fingerprint density at radius 3 is 1.34 bits per heavy atom. The average Bonchev–Trinajstić information content (AvgIpc) is 3.82. The Hall–Kier alpha value is -9.40. The first-order valence-corrected chi connectivity index (χ1v) is 19.5. The molecule has 0 spiro atoms. The average molecular weight is 793 g/mol. The molecular weight excluding hydrogens is 765 g/mol. The number of nitriles is 3. The zero-order chi connectivity index (χ0) is 42.6. The molecule has 3 aromatic heterocycles. The summed E-state index contributed by atoms with van der Waals surface area (Å²) in [5.74, 6) is 1.56. The van der Waals surface area contributed by atoms with Gasteiger partial charge in [-0.2, -0.15) is 15.8 Å². The van der Waals surface area contributed by atoms with Crippen molar-refractivity contribution in [2.75, 3.05) is 0 Å². The van der Waals surface area contributed by atoms with E-state index in [2.05, 4.69) is 54.1 Å². The molecule has 0 fully saturated rings. The van der Waals surface area contributed by atoms with Gasteiger partial charge in [-0.25, -0.2) is 24.6 Å². The second-order valence-electron chi connectivity index (χ2n) is 14.9. The van der Waals surface area contributed by atoms with Crippen LogP contribution in [-0.4, -0.2) is 24.1 Å². The van der Waals surface area contributed by atoms with Crippen LogP contribution in [0.15, 0.2) is 133 Å². The van der Waals surface area contributed by atoms with E-state index < -0.39 is 0 Å². The quantitative estimate of drug-likeness (QED) is 0.160. The molecule has 0 aliphatic rings. The van der Waals surface area contributed by atoms with Crippen molar-refractivity contribution in [1.82, 2.24) is 24.1 Å². The summed E-state index contributed by atoms with van der Waals surface area (Å²) in [4.78, 5) is 21.3. The molecule has 10 rings (SSSR count). The number of aryl methyl sites for hydroxylation is 2. The second-order valence-corrected chi connectivity index (χ2v) is 14.9. The first-order valence-electron chi connectivity index (χ1n) is 19.5. The molecule has 7 aromatic carbocycles. The van der Waals surface area contributed by atoms with Gasteiger partial charge in [0.15, 0.2) is 17.2 Å². The first-order chi connectivity index (χ1) is 30.3. The van der Waals surface area contributed by atoms with Crippen LogP contribution in [-0.2, 0) is 0 Å². The lowest BCUT2D eigenvalue weighted by Gasteiger charge is -2.18. The van der Waals surface area contributed by atoms with Gasteiger partial charge in [-0.3, -0.25) is 0 Å². The molecular formula is C52H28N10. The van der Waals surface area contributed by atoms with Crippen LogP contribution in [0, 0.1) is 61.0 Å². The van der Waals surface area contributed by atoms with Crippen LogP contribution < -0.4 is 0 Å². The van der Waals surface area contributed by atoms with Crippen LogP contribution in [0.5, 0.6) is 0 Å².